The molecule has 7 aromatic carbocycles. The van der Waals surface area contributed by atoms with Gasteiger partial charge in [0.2, 0.25) is 0 Å². The highest BCUT2D eigenvalue weighted by Gasteiger charge is 2.22. The average molecular weight is 652 g/mol. The van der Waals surface area contributed by atoms with Gasteiger partial charge in [0.25, 0.3) is 0 Å². The molecule has 0 bridgehead atoms. The van der Waals surface area contributed by atoms with Gasteiger partial charge in [-0.05, 0) is 60.7 Å². The minimum atomic E-state index is 0.897. The molecule has 0 aliphatic rings. The highest BCUT2D eigenvalue weighted by atomic mass is 16.3. The topological polar surface area (TPSA) is 35.9 Å². The lowest BCUT2D eigenvalue weighted by Crippen LogP contribution is -1.98. The van der Waals surface area contributed by atoms with Crippen LogP contribution in [0.25, 0.3) is 99.4 Å². The van der Waals surface area contributed by atoms with E-state index in [0.29, 0.717) is 0 Å². The van der Waals surface area contributed by atoms with Crippen LogP contribution in [0, 0.1) is 0 Å². The first-order valence-electron chi connectivity index (χ1n) is 17.3. The molecule has 238 valence electrons. The van der Waals surface area contributed by atoms with E-state index in [4.69, 9.17) is 9.40 Å². The molecule has 0 radical (unpaired) electrons. The molecule has 4 heteroatoms. The van der Waals surface area contributed by atoms with Crippen molar-refractivity contribution in [3.05, 3.63) is 176 Å². The van der Waals surface area contributed by atoms with E-state index in [1.54, 1.807) is 0 Å². The highest BCUT2D eigenvalue weighted by molar-refractivity contribution is 6.29. The Bertz CT molecular complexity index is 3070. The second kappa shape index (κ2) is 10.8. The molecule has 0 saturated carbocycles. The first kappa shape index (κ1) is 28.0. The summed E-state index contributed by atoms with van der Waals surface area (Å²) in [5.41, 5.74) is 12.7. The van der Waals surface area contributed by atoms with Crippen molar-refractivity contribution in [1.82, 2.24) is 14.1 Å². The SMILES string of the molecule is c1ccc(-c2cc(-n3c4ccccc4c4c5c6ccccc6n(-c6ccc7oc8ccccc8c7c6)c5ccc43)cc(-c3ccccc3)n2)cc1. The Hall–Kier alpha value is -6.91. The first-order valence-corrected chi connectivity index (χ1v) is 17.3. The molecule has 4 heterocycles. The lowest BCUT2D eigenvalue weighted by atomic mass is 10.1. The van der Waals surface area contributed by atoms with Gasteiger partial charge in [0.05, 0.1) is 39.1 Å². The van der Waals surface area contributed by atoms with E-state index in [0.717, 1.165) is 66.9 Å². The maximum Gasteiger partial charge on any atom is 0.135 e. The van der Waals surface area contributed by atoms with E-state index in [-0.39, 0.29) is 0 Å². The number of pyridine rings is 1. The van der Waals surface area contributed by atoms with E-state index in [1.165, 1.54) is 32.6 Å². The van der Waals surface area contributed by atoms with Gasteiger partial charge < -0.3 is 13.6 Å². The summed E-state index contributed by atoms with van der Waals surface area (Å²) in [6.45, 7) is 0. The predicted molar refractivity (Wildman–Crippen MR) is 211 cm³/mol. The zero-order valence-electron chi connectivity index (χ0n) is 27.5. The molecule has 0 amide bonds. The van der Waals surface area contributed by atoms with Crippen molar-refractivity contribution < 1.29 is 4.42 Å². The largest absolute Gasteiger partial charge is 0.456 e. The Balaban J connectivity index is 1.23. The summed E-state index contributed by atoms with van der Waals surface area (Å²) in [6, 6.07) is 62.4. The Morgan fingerprint density at radius 1 is 0.353 bits per heavy atom. The summed E-state index contributed by atoms with van der Waals surface area (Å²) in [7, 11) is 0. The predicted octanol–water partition coefficient (Wildman–Crippen LogP) is 12.5. The average Bonchev–Trinajstić information content (AvgIpc) is 3.85. The fraction of sp³-hybridized carbons (Fsp3) is 0. The van der Waals surface area contributed by atoms with Crippen molar-refractivity contribution in [2.45, 2.75) is 0 Å². The monoisotopic (exact) mass is 651 g/mol. The van der Waals surface area contributed by atoms with Crippen LogP contribution >= 0.6 is 0 Å². The van der Waals surface area contributed by atoms with E-state index < -0.39 is 0 Å². The summed E-state index contributed by atoms with van der Waals surface area (Å²) in [4.78, 5) is 5.18. The molecule has 0 aliphatic heterocycles. The molecule has 4 nitrogen and oxygen atoms in total. The van der Waals surface area contributed by atoms with Crippen molar-refractivity contribution in [1.29, 1.82) is 0 Å². The summed E-state index contributed by atoms with van der Waals surface area (Å²) in [5.74, 6) is 0. The van der Waals surface area contributed by atoms with E-state index in [9.17, 15) is 0 Å². The standard InChI is InChI=1S/C47H29N3O/c1-3-13-30(14-4-1)38-28-33(29-39(48-38)31-15-5-2-6-16-31)50-41-21-11-8-19-36(41)47-43(50)25-24-42-46(47)35-18-7-10-20-40(35)49(42)32-23-26-45-37(27-32)34-17-9-12-22-44(34)51-45/h1-29H. The lowest BCUT2D eigenvalue weighted by molar-refractivity contribution is 0.669. The van der Waals surface area contributed by atoms with Crippen molar-refractivity contribution in [2.75, 3.05) is 0 Å². The number of hydrogen-bond donors (Lipinski definition) is 0. The van der Waals surface area contributed by atoms with Gasteiger partial charge in [-0.3, -0.25) is 0 Å². The molecule has 0 spiro atoms. The smallest absolute Gasteiger partial charge is 0.135 e. The second-order valence-electron chi connectivity index (χ2n) is 13.2. The number of aromatic nitrogens is 3. The minimum absolute atomic E-state index is 0.897. The van der Waals surface area contributed by atoms with Crippen LogP contribution in [-0.4, -0.2) is 14.1 Å². The highest BCUT2D eigenvalue weighted by Crippen LogP contribution is 2.43. The summed E-state index contributed by atoms with van der Waals surface area (Å²) >= 11 is 0. The molecular weight excluding hydrogens is 623 g/mol. The molecule has 51 heavy (non-hydrogen) atoms. The Morgan fingerprint density at radius 2 is 0.843 bits per heavy atom. The van der Waals surface area contributed by atoms with Gasteiger partial charge in [0, 0.05) is 49.1 Å². The summed E-state index contributed by atoms with van der Waals surface area (Å²) < 4.78 is 11.0. The van der Waals surface area contributed by atoms with Crippen LogP contribution in [0.5, 0.6) is 0 Å². The van der Waals surface area contributed by atoms with Gasteiger partial charge in [-0.15, -0.1) is 0 Å². The quantitative estimate of drug-likeness (QED) is 0.190. The molecule has 0 atom stereocenters. The number of nitrogens with zero attached hydrogens (tertiary/aromatic N) is 3. The third kappa shape index (κ3) is 4.17. The number of furan rings is 1. The van der Waals surface area contributed by atoms with Gasteiger partial charge >= 0.3 is 0 Å². The fourth-order valence-electron chi connectivity index (χ4n) is 8.09. The van der Waals surface area contributed by atoms with E-state index in [2.05, 4.69) is 173 Å². The zero-order valence-corrected chi connectivity index (χ0v) is 27.5. The summed E-state index contributed by atoms with van der Waals surface area (Å²) in [6.07, 6.45) is 0. The van der Waals surface area contributed by atoms with Gasteiger partial charge in [-0.1, -0.05) is 115 Å². The van der Waals surface area contributed by atoms with Crippen molar-refractivity contribution in [3.8, 4) is 33.9 Å². The van der Waals surface area contributed by atoms with Crippen molar-refractivity contribution in [2.24, 2.45) is 0 Å². The molecule has 0 unspecified atom stereocenters. The zero-order chi connectivity index (χ0) is 33.5. The molecule has 0 saturated heterocycles. The minimum Gasteiger partial charge on any atom is -0.456 e. The van der Waals surface area contributed by atoms with Crippen molar-refractivity contribution in [3.63, 3.8) is 0 Å². The Morgan fingerprint density at radius 3 is 1.45 bits per heavy atom. The summed E-state index contributed by atoms with van der Waals surface area (Å²) in [5, 5.41) is 7.18. The maximum absolute atomic E-state index is 6.21. The Labute approximate surface area is 293 Å². The maximum atomic E-state index is 6.21. The van der Waals surface area contributed by atoms with Crippen LogP contribution in [0.2, 0.25) is 0 Å². The van der Waals surface area contributed by atoms with Crippen LogP contribution in [0.3, 0.4) is 0 Å². The molecule has 11 rings (SSSR count). The van der Waals surface area contributed by atoms with E-state index >= 15 is 0 Å². The number of hydrogen-bond acceptors (Lipinski definition) is 2. The van der Waals surface area contributed by atoms with Gasteiger partial charge in [0.1, 0.15) is 11.2 Å². The number of benzene rings is 7. The molecule has 0 N–H and O–H groups in total. The van der Waals surface area contributed by atoms with Crippen LogP contribution in [0.4, 0.5) is 0 Å². The third-order valence-electron chi connectivity index (χ3n) is 10.3. The number of fused-ring (bicyclic) bond motifs is 10. The van der Waals surface area contributed by atoms with Gasteiger partial charge in [0.15, 0.2) is 0 Å². The fourth-order valence-corrected chi connectivity index (χ4v) is 8.09. The number of para-hydroxylation sites is 3. The number of rotatable bonds is 4. The van der Waals surface area contributed by atoms with E-state index in [1.807, 2.05) is 12.1 Å². The van der Waals surface area contributed by atoms with Crippen LogP contribution in [0.1, 0.15) is 0 Å². The van der Waals surface area contributed by atoms with Gasteiger partial charge in [-0.25, -0.2) is 4.98 Å². The van der Waals surface area contributed by atoms with Crippen LogP contribution in [-0.2, 0) is 0 Å². The molecule has 0 fully saturated rings. The molecule has 0 aliphatic carbocycles. The van der Waals surface area contributed by atoms with Crippen molar-refractivity contribution >= 4 is 65.6 Å². The lowest BCUT2D eigenvalue weighted by Gasteiger charge is -2.13. The van der Waals surface area contributed by atoms with Gasteiger partial charge in [-0.2, -0.15) is 0 Å². The molecule has 4 aromatic heterocycles. The first-order chi connectivity index (χ1) is 25.3. The third-order valence-corrected chi connectivity index (χ3v) is 10.3. The molecular formula is C47H29N3O. The van der Waals surface area contributed by atoms with Crippen LogP contribution in [0.15, 0.2) is 180 Å². The second-order valence-corrected chi connectivity index (χ2v) is 13.2. The Kier molecular flexibility index (Phi) is 5.92. The normalized spacial score (nSPS) is 11.9. The molecule has 11 aromatic rings. The van der Waals surface area contributed by atoms with Crippen LogP contribution < -0.4 is 0 Å².